The number of ether oxygens (including phenoxy) is 1. The van der Waals surface area contributed by atoms with Gasteiger partial charge in [-0.05, 0) is 25.1 Å². The largest absolute Gasteiger partial charge is 0.480 e. The minimum absolute atomic E-state index is 0.0463. The van der Waals surface area contributed by atoms with Gasteiger partial charge in [-0.15, -0.1) is 0 Å². The predicted octanol–water partition coefficient (Wildman–Crippen LogP) is 1.04. The van der Waals surface area contributed by atoms with Crippen LogP contribution in [0.25, 0.3) is 0 Å². The third-order valence-electron chi connectivity index (χ3n) is 2.09. The van der Waals surface area contributed by atoms with Crippen LogP contribution in [0.5, 0.6) is 5.75 Å². The van der Waals surface area contributed by atoms with Crippen LogP contribution in [0, 0.1) is 5.82 Å². The third-order valence-corrected chi connectivity index (χ3v) is 2.09. The molecule has 1 unspecified atom stereocenters. The first-order valence-corrected chi connectivity index (χ1v) is 4.86. The lowest BCUT2D eigenvalue weighted by Crippen LogP contribution is -2.34. The number of likely N-dealkylation sites (N-methyl/N-ethyl adjacent to an activating group) is 1. The summed E-state index contributed by atoms with van der Waals surface area (Å²) in [6.45, 7) is 1.47. The molecule has 0 spiro atoms. The number of halogens is 1. The number of carboxylic acid groups (broad SMARTS) is 1. The highest BCUT2D eigenvalue weighted by molar-refractivity contribution is 5.91. The molecule has 0 fully saturated rings. The average Bonchev–Trinajstić information content (AvgIpc) is 2.29. The van der Waals surface area contributed by atoms with E-state index in [9.17, 15) is 14.0 Å². The second kappa shape index (κ2) is 5.29. The molecule has 0 aliphatic carbocycles. The Morgan fingerprint density at radius 1 is 1.47 bits per heavy atom. The van der Waals surface area contributed by atoms with Gasteiger partial charge >= 0.3 is 5.97 Å². The molecule has 1 aromatic rings. The summed E-state index contributed by atoms with van der Waals surface area (Å²) in [4.78, 5) is 22.1. The lowest BCUT2D eigenvalue weighted by atomic mass is 10.2. The molecule has 17 heavy (non-hydrogen) atoms. The van der Waals surface area contributed by atoms with Gasteiger partial charge in [0.15, 0.2) is 6.10 Å². The molecule has 0 aliphatic rings. The first-order valence-electron chi connectivity index (χ1n) is 4.86. The molecule has 0 saturated carbocycles. The summed E-state index contributed by atoms with van der Waals surface area (Å²) in [7, 11) is 1.44. The molecule has 2 N–H and O–H groups in total. The van der Waals surface area contributed by atoms with E-state index in [1.807, 2.05) is 0 Å². The maximum Gasteiger partial charge on any atom is 0.339 e. The molecule has 1 amide bonds. The number of rotatable bonds is 4. The summed E-state index contributed by atoms with van der Waals surface area (Å²) in [5.74, 6) is -2.44. The fourth-order valence-corrected chi connectivity index (χ4v) is 1.22. The van der Waals surface area contributed by atoms with E-state index in [4.69, 9.17) is 9.84 Å². The zero-order valence-corrected chi connectivity index (χ0v) is 9.36. The van der Waals surface area contributed by atoms with Crippen molar-refractivity contribution in [2.45, 2.75) is 13.0 Å². The quantitative estimate of drug-likeness (QED) is 0.825. The Hall–Kier alpha value is -2.11. The minimum atomic E-state index is -1.32. The SMILES string of the molecule is CNC(=O)C(C)Oc1ccc(F)cc1C(=O)O. The smallest absolute Gasteiger partial charge is 0.339 e. The van der Waals surface area contributed by atoms with Gasteiger partial charge in [0.25, 0.3) is 5.91 Å². The molecule has 0 bridgehead atoms. The first-order chi connectivity index (χ1) is 7.95. The predicted molar refractivity (Wildman–Crippen MR) is 57.5 cm³/mol. The third kappa shape index (κ3) is 3.17. The molecule has 1 atom stereocenters. The molecule has 5 nitrogen and oxygen atoms in total. The van der Waals surface area contributed by atoms with Crippen molar-refractivity contribution in [1.82, 2.24) is 5.32 Å². The highest BCUT2D eigenvalue weighted by Crippen LogP contribution is 2.21. The van der Waals surface area contributed by atoms with Gasteiger partial charge in [-0.1, -0.05) is 0 Å². The maximum atomic E-state index is 12.9. The summed E-state index contributed by atoms with van der Waals surface area (Å²) < 4.78 is 18.0. The number of aromatic carboxylic acids is 1. The molecule has 1 aromatic carbocycles. The Labute approximate surface area is 97.2 Å². The summed E-state index contributed by atoms with van der Waals surface area (Å²) in [6.07, 6.45) is -0.858. The van der Waals surface area contributed by atoms with Crippen molar-refractivity contribution in [3.63, 3.8) is 0 Å². The summed E-state index contributed by atoms with van der Waals surface area (Å²) in [6, 6.07) is 3.09. The standard InChI is InChI=1S/C11H12FNO4/c1-6(10(14)13-2)17-9-4-3-7(12)5-8(9)11(15)16/h3-6H,1-2H3,(H,13,14)(H,15,16). The number of amides is 1. The van der Waals surface area contributed by atoms with Crippen molar-refractivity contribution >= 4 is 11.9 Å². The Morgan fingerprint density at radius 3 is 2.65 bits per heavy atom. The van der Waals surface area contributed by atoms with Crippen molar-refractivity contribution in [2.75, 3.05) is 7.05 Å². The van der Waals surface area contributed by atoms with E-state index >= 15 is 0 Å². The molecule has 0 aliphatic heterocycles. The Kier molecular flexibility index (Phi) is 4.03. The number of nitrogens with one attached hydrogen (secondary N) is 1. The van der Waals surface area contributed by atoms with Crippen LogP contribution < -0.4 is 10.1 Å². The topological polar surface area (TPSA) is 75.6 Å². The highest BCUT2D eigenvalue weighted by Gasteiger charge is 2.18. The van der Waals surface area contributed by atoms with Crippen molar-refractivity contribution in [3.05, 3.63) is 29.6 Å². The lowest BCUT2D eigenvalue weighted by molar-refractivity contribution is -0.126. The molecule has 0 saturated heterocycles. The second-order valence-corrected chi connectivity index (χ2v) is 3.32. The van der Waals surface area contributed by atoms with E-state index in [-0.39, 0.29) is 11.3 Å². The number of carbonyl (C=O) groups excluding carboxylic acids is 1. The Morgan fingerprint density at radius 2 is 2.12 bits per heavy atom. The van der Waals surface area contributed by atoms with E-state index in [1.165, 1.54) is 20.0 Å². The maximum absolute atomic E-state index is 12.9. The van der Waals surface area contributed by atoms with Gasteiger partial charge in [0.1, 0.15) is 17.1 Å². The van der Waals surface area contributed by atoms with Crippen LogP contribution in [0.15, 0.2) is 18.2 Å². The first kappa shape index (κ1) is 13.0. The summed E-state index contributed by atoms with van der Waals surface area (Å²) in [5.41, 5.74) is -0.319. The molecule has 92 valence electrons. The average molecular weight is 241 g/mol. The highest BCUT2D eigenvalue weighted by atomic mass is 19.1. The summed E-state index contributed by atoms with van der Waals surface area (Å²) in [5, 5.41) is 11.2. The molecule has 6 heteroatoms. The fourth-order valence-electron chi connectivity index (χ4n) is 1.22. The van der Waals surface area contributed by atoms with Crippen molar-refractivity contribution in [3.8, 4) is 5.75 Å². The van der Waals surface area contributed by atoms with Gasteiger partial charge < -0.3 is 15.2 Å². The van der Waals surface area contributed by atoms with Crippen LogP contribution >= 0.6 is 0 Å². The van der Waals surface area contributed by atoms with Gasteiger partial charge in [-0.25, -0.2) is 9.18 Å². The van der Waals surface area contributed by atoms with Gasteiger partial charge in [-0.2, -0.15) is 0 Å². The van der Waals surface area contributed by atoms with Crippen molar-refractivity contribution < 1.29 is 23.8 Å². The van der Waals surface area contributed by atoms with E-state index in [2.05, 4.69) is 5.32 Å². The Balaban J connectivity index is 2.98. The number of carboxylic acids is 1. The van der Waals surface area contributed by atoms with Crippen molar-refractivity contribution in [2.24, 2.45) is 0 Å². The van der Waals surface area contributed by atoms with E-state index < -0.39 is 23.8 Å². The molecular weight excluding hydrogens is 229 g/mol. The van der Waals surface area contributed by atoms with Gasteiger partial charge in [0, 0.05) is 7.05 Å². The van der Waals surface area contributed by atoms with Gasteiger partial charge in [0.2, 0.25) is 0 Å². The van der Waals surface area contributed by atoms with Crippen LogP contribution in [-0.4, -0.2) is 30.1 Å². The minimum Gasteiger partial charge on any atom is -0.480 e. The molecule has 0 radical (unpaired) electrons. The van der Waals surface area contributed by atoms with E-state index in [1.54, 1.807) is 0 Å². The number of carbonyl (C=O) groups is 2. The number of hydrogen-bond acceptors (Lipinski definition) is 3. The van der Waals surface area contributed by atoms with E-state index in [0.717, 1.165) is 12.1 Å². The van der Waals surface area contributed by atoms with Crippen LogP contribution in [-0.2, 0) is 4.79 Å². The zero-order chi connectivity index (χ0) is 13.0. The molecular formula is C11H12FNO4. The lowest BCUT2D eigenvalue weighted by Gasteiger charge is -2.14. The zero-order valence-electron chi connectivity index (χ0n) is 9.36. The Bertz CT molecular complexity index is 447. The van der Waals surface area contributed by atoms with Gasteiger partial charge in [0.05, 0.1) is 0 Å². The van der Waals surface area contributed by atoms with Crippen LogP contribution in [0.3, 0.4) is 0 Å². The van der Waals surface area contributed by atoms with Crippen molar-refractivity contribution in [1.29, 1.82) is 0 Å². The van der Waals surface area contributed by atoms with Crippen LogP contribution in [0.1, 0.15) is 17.3 Å². The number of hydrogen-bond donors (Lipinski definition) is 2. The second-order valence-electron chi connectivity index (χ2n) is 3.32. The van der Waals surface area contributed by atoms with Crippen LogP contribution in [0.2, 0.25) is 0 Å². The monoisotopic (exact) mass is 241 g/mol. The van der Waals surface area contributed by atoms with E-state index in [0.29, 0.717) is 0 Å². The molecule has 1 rings (SSSR count). The fraction of sp³-hybridized carbons (Fsp3) is 0.273. The normalized spacial score (nSPS) is 11.7. The summed E-state index contributed by atoms with van der Waals surface area (Å²) >= 11 is 0. The van der Waals surface area contributed by atoms with Gasteiger partial charge in [-0.3, -0.25) is 4.79 Å². The number of benzene rings is 1. The molecule has 0 aromatic heterocycles. The molecule has 0 heterocycles. The van der Waals surface area contributed by atoms with Crippen LogP contribution in [0.4, 0.5) is 4.39 Å².